The first-order valence-corrected chi connectivity index (χ1v) is 10.1. The van der Waals surface area contributed by atoms with Gasteiger partial charge in [0.15, 0.2) is 5.82 Å². The van der Waals surface area contributed by atoms with Gasteiger partial charge in [-0.05, 0) is 57.8 Å². The van der Waals surface area contributed by atoms with Crippen molar-refractivity contribution in [1.29, 1.82) is 0 Å². The van der Waals surface area contributed by atoms with Gasteiger partial charge in [0, 0.05) is 31.8 Å². The van der Waals surface area contributed by atoms with Crippen LogP contribution < -0.4 is 5.32 Å². The van der Waals surface area contributed by atoms with E-state index in [2.05, 4.69) is 69.2 Å². The van der Waals surface area contributed by atoms with Gasteiger partial charge in [0.25, 0.3) is 0 Å². The Morgan fingerprint density at radius 3 is 2.52 bits per heavy atom. The van der Waals surface area contributed by atoms with E-state index in [0.717, 1.165) is 56.5 Å². The van der Waals surface area contributed by atoms with E-state index in [1.807, 2.05) is 0 Å². The van der Waals surface area contributed by atoms with Gasteiger partial charge in [0.1, 0.15) is 5.82 Å². The van der Waals surface area contributed by atoms with Gasteiger partial charge in [-0.15, -0.1) is 10.2 Å². The Balaban J connectivity index is 1.86. The number of para-hydroxylation sites is 1. The Kier molecular flexibility index (Phi) is 7.38. The maximum atomic E-state index is 5.29. The summed E-state index contributed by atoms with van der Waals surface area (Å²) in [5.41, 5.74) is 1.15. The van der Waals surface area contributed by atoms with Crippen LogP contribution in [0.1, 0.15) is 38.3 Å². The molecule has 1 aliphatic heterocycles. The van der Waals surface area contributed by atoms with Gasteiger partial charge in [-0.1, -0.05) is 18.2 Å². The van der Waals surface area contributed by atoms with Crippen molar-refractivity contribution < 1.29 is 4.74 Å². The topological polar surface area (TPSA) is 55.2 Å². The molecule has 0 saturated carbocycles. The van der Waals surface area contributed by atoms with E-state index >= 15 is 0 Å². The molecule has 0 spiro atoms. The van der Waals surface area contributed by atoms with Crippen molar-refractivity contribution in [3.8, 4) is 5.69 Å². The molecule has 148 valence electrons. The minimum Gasteiger partial charge on any atom is -0.383 e. The Morgan fingerprint density at radius 2 is 1.85 bits per heavy atom. The van der Waals surface area contributed by atoms with Crippen molar-refractivity contribution in [2.75, 3.05) is 33.4 Å². The molecule has 0 unspecified atom stereocenters. The van der Waals surface area contributed by atoms with Crippen molar-refractivity contribution in [2.24, 2.45) is 5.92 Å². The van der Waals surface area contributed by atoms with E-state index in [4.69, 9.17) is 4.74 Å². The van der Waals surface area contributed by atoms with Gasteiger partial charge in [-0.2, -0.15) is 0 Å². The van der Waals surface area contributed by atoms with Crippen molar-refractivity contribution >= 4 is 0 Å². The van der Waals surface area contributed by atoms with Crippen LogP contribution in [0.3, 0.4) is 0 Å². The first-order chi connectivity index (χ1) is 13.2. The van der Waals surface area contributed by atoms with Crippen LogP contribution in [0.25, 0.3) is 5.69 Å². The molecule has 2 aromatic rings. The quantitative estimate of drug-likeness (QED) is 0.734. The van der Waals surface area contributed by atoms with E-state index in [-0.39, 0.29) is 0 Å². The second kappa shape index (κ2) is 9.97. The van der Waals surface area contributed by atoms with Crippen LogP contribution in [-0.2, 0) is 17.7 Å². The molecule has 6 nitrogen and oxygen atoms in total. The average molecular weight is 372 g/mol. The summed E-state index contributed by atoms with van der Waals surface area (Å²) in [6, 6.07) is 10.9. The summed E-state index contributed by atoms with van der Waals surface area (Å²) < 4.78 is 7.56. The lowest BCUT2D eigenvalue weighted by molar-refractivity contribution is 0.122. The summed E-state index contributed by atoms with van der Waals surface area (Å²) in [6.45, 7) is 9.03. The zero-order valence-electron chi connectivity index (χ0n) is 16.9. The van der Waals surface area contributed by atoms with Gasteiger partial charge in [0.2, 0.25) is 0 Å². The molecule has 3 rings (SSSR count). The second-order valence-electron chi connectivity index (χ2n) is 7.66. The fourth-order valence-electron chi connectivity index (χ4n) is 3.72. The lowest BCUT2D eigenvalue weighted by atomic mass is 9.94. The van der Waals surface area contributed by atoms with Crippen LogP contribution in [0.15, 0.2) is 30.3 Å². The van der Waals surface area contributed by atoms with E-state index in [0.29, 0.717) is 12.0 Å². The smallest absolute Gasteiger partial charge is 0.151 e. The number of benzene rings is 1. The minimum absolute atomic E-state index is 0.425. The largest absolute Gasteiger partial charge is 0.383 e. The summed E-state index contributed by atoms with van der Waals surface area (Å²) in [4.78, 5) is 2.39. The number of nitrogens with zero attached hydrogens (tertiary/aromatic N) is 4. The van der Waals surface area contributed by atoms with E-state index < -0.39 is 0 Å². The molecular formula is C21H33N5O. The predicted molar refractivity (Wildman–Crippen MR) is 108 cm³/mol. The van der Waals surface area contributed by atoms with Crippen LogP contribution in [-0.4, -0.2) is 59.1 Å². The summed E-state index contributed by atoms with van der Waals surface area (Å²) in [6.07, 6.45) is 3.41. The summed E-state index contributed by atoms with van der Waals surface area (Å²) in [5.74, 6) is 2.77. The molecule has 1 aromatic heterocycles. The summed E-state index contributed by atoms with van der Waals surface area (Å²) in [7, 11) is 1.75. The third-order valence-electron chi connectivity index (χ3n) is 5.40. The number of hydrogen-bond acceptors (Lipinski definition) is 5. The number of ether oxygens (including phenoxy) is 1. The molecule has 1 aromatic carbocycles. The number of methoxy groups -OCH3 is 1. The summed E-state index contributed by atoms with van der Waals surface area (Å²) >= 11 is 0. The molecule has 0 radical (unpaired) electrons. The highest BCUT2D eigenvalue weighted by atomic mass is 16.5. The second-order valence-corrected chi connectivity index (χ2v) is 7.66. The van der Waals surface area contributed by atoms with Crippen LogP contribution in [0.5, 0.6) is 0 Å². The normalized spacial score (nSPS) is 15.7. The zero-order valence-corrected chi connectivity index (χ0v) is 16.9. The maximum absolute atomic E-state index is 5.29. The van der Waals surface area contributed by atoms with Crippen LogP contribution in [0.4, 0.5) is 0 Å². The Bertz CT molecular complexity index is 679. The molecular weight excluding hydrogens is 338 g/mol. The highest BCUT2D eigenvalue weighted by Gasteiger charge is 2.22. The molecule has 1 saturated heterocycles. The molecule has 1 aliphatic rings. The SMILES string of the molecule is COCCN(Cc1nnc(CC2CCNCC2)n1-c1ccccc1)C(C)C. The zero-order chi connectivity index (χ0) is 19.1. The molecule has 6 heteroatoms. The fourth-order valence-corrected chi connectivity index (χ4v) is 3.72. The molecule has 2 heterocycles. The molecule has 0 amide bonds. The monoisotopic (exact) mass is 371 g/mol. The van der Waals surface area contributed by atoms with Gasteiger partial charge < -0.3 is 10.1 Å². The van der Waals surface area contributed by atoms with Crippen molar-refractivity contribution in [1.82, 2.24) is 25.0 Å². The Hall–Kier alpha value is -1.76. The van der Waals surface area contributed by atoms with Gasteiger partial charge >= 0.3 is 0 Å². The molecule has 0 bridgehead atoms. The Labute approximate surface area is 162 Å². The standard InChI is InChI=1S/C21H33N5O/c1-17(2)25(13-14-27-3)16-21-24-23-20(15-18-9-11-22-12-10-18)26(21)19-7-5-4-6-8-19/h4-8,17-18,22H,9-16H2,1-3H3. The minimum atomic E-state index is 0.425. The van der Waals surface area contributed by atoms with Crippen molar-refractivity contribution in [3.63, 3.8) is 0 Å². The van der Waals surface area contributed by atoms with E-state index in [1.165, 1.54) is 12.8 Å². The number of hydrogen-bond donors (Lipinski definition) is 1. The van der Waals surface area contributed by atoms with Crippen molar-refractivity contribution in [3.05, 3.63) is 42.0 Å². The lowest BCUT2D eigenvalue weighted by Gasteiger charge is -2.26. The van der Waals surface area contributed by atoms with E-state index in [1.54, 1.807) is 7.11 Å². The number of aromatic nitrogens is 3. The highest BCUT2D eigenvalue weighted by molar-refractivity contribution is 5.34. The van der Waals surface area contributed by atoms with E-state index in [9.17, 15) is 0 Å². The first-order valence-electron chi connectivity index (χ1n) is 10.1. The summed E-state index contributed by atoms with van der Waals surface area (Å²) in [5, 5.41) is 12.7. The van der Waals surface area contributed by atoms with Gasteiger partial charge in [-0.3, -0.25) is 9.47 Å². The highest BCUT2D eigenvalue weighted by Crippen LogP contribution is 2.21. The molecule has 1 fully saturated rings. The third kappa shape index (κ3) is 5.37. The fraction of sp³-hybridized carbons (Fsp3) is 0.619. The van der Waals surface area contributed by atoms with Crippen LogP contribution in [0.2, 0.25) is 0 Å². The van der Waals surface area contributed by atoms with Crippen molar-refractivity contribution in [2.45, 2.75) is 45.7 Å². The average Bonchev–Trinajstić information content (AvgIpc) is 3.08. The molecule has 0 atom stereocenters. The Morgan fingerprint density at radius 1 is 1.15 bits per heavy atom. The van der Waals surface area contributed by atoms with Gasteiger partial charge in [-0.25, -0.2) is 0 Å². The molecule has 27 heavy (non-hydrogen) atoms. The number of nitrogens with one attached hydrogen (secondary N) is 1. The van der Waals surface area contributed by atoms with Gasteiger partial charge in [0.05, 0.1) is 13.2 Å². The molecule has 0 aliphatic carbocycles. The number of rotatable bonds is 9. The van der Waals surface area contributed by atoms with Crippen LogP contribution in [0, 0.1) is 5.92 Å². The molecule has 1 N–H and O–H groups in total. The first kappa shape index (κ1) is 20.0. The lowest BCUT2D eigenvalue weighted by Crippen LogP contribution is -2.34. The van der Waals surface area contributed by atoms with Crippen LogP contribution >= 0.6 is 0 Å². The maximum Gasteiger partial charge on any atom is 0.151 e. The number of piperidine rings is 1. The predicted octanol–water partition coefficient (Wildman–Crippen LogP) is 2.67. The third-order valence-corrected chi connectivity index (χ3v) is 5.40.